The molecular weight excluding hydrogens is 288 g/mol. The van der Waals surface area contributed by atoms with Crippen LogP contribution in [0.1, 0.15) is 41.0 Å². The van der Waals surface area contributed by atoms with Gasteiger partial charge in [0.2, 0.25) is 5.91 Å². The third kappa shape index (κ3) is 5.81. The van der Waals surface area contributed by atoms with Gasteiger partial charge >= 0.3 is 6.09 Å². The number of ether oxygens (including phenoxy) is 1. The maximum Gasteiger partial charge on any atom is 0.407 e. The molecule has 1 saturated heterocycles. The van der Waals surface area contributed by atoms with Crippen molar-refractivity contribution in [2.75, 3.05) is 13.1 Å². The van der Waals surface area contributed by atoms with Gasteiger partial charge in [-0.25, -0.2) is 4.79 Å². The van der Waals surface area contributed by atoms with Crippen LogP contribution in [0.5, 0.6) is 0 Å². The van der Waals surface area contributed by atoms with Crippen LogP contribution in [0.2, 0.25) is 0 Å². The Balaban J connectivity index is 2.71. The lowest BCUT2D eigenvalue weighted by molar-refractivity contribution is -0.136. The van der Waals surface area contributed by atoms with Crippen LogP contribution < -0.4 is 5.32 Å². The first kappa shape index (κ1) is 18.7. The molecule has 0 aromatic carbocycles. The summed E-state index contributed by atoms with van der Waals surface area (Å²) in [5.74, 6) is -0.342. The van der Waals surface area contributed by atoms with Crippen molar-refractivity contribution < 1.29 is 24.5 Å². The maximum absolute atomic E-state index is 12.0. The Bertz CT molecular complexity index is 405. The Hall–Kier alpha value is -1.34. The van der Waals surface area contributed by atoms with Gasteiger partial charge in [-0.2, -0.15) is 0 Å². The summed E-state index contributed by atoms with van der Waals surface area (Å²) in [6.07, 6.45) is -2.23. The van der Waals surface area contributed by atoms with Crippen molar-refractivity contribution in [2.24, 2.45) is 5.92 Å². The fourth-order valence-electron chi connectivity index (χ4n) is 2.37. The monoisotopic (exact) mass is 316 g/mol. The molecule has 7 heteroatoms. The Morgan fingerprint density at radius 2 is 1.82 bits per heavy atom. The first-order valence-electron chi connectivity index (χ1n) is 7.64. The van der Waals surface area contributed by atoms with E-state index in [9.17, 15) is 19.8 Å². The van der Waals surface area contributed by atoms with Gasteiger partial charge in [0.15, 0.2) is 0 Å². The minimum atomic E-state index is -0.952. The lowest BCUT2D eigenvalue weighted by Crippen LogP contribution is -2.48. The maximum atomic E-state index is 12.0. The van der Waals surface area contributed by atoms with Gasteiger partial charge in [0.05, 0.1) is 18.2 Å². The number of aliphatic hydroxyl groups is 2. The van der Waals surface area contributed by atoms with E-state index in [1.165, 1.54) is 4.90 Å². The molecule has 0 spiro atoms. The molecule has 3 N–H and O–H groups in total. The van der Waals surface area contributed by atoms with E-state index < -0.39 is 29.9 Å². The van der Waals surface area contributed by atoms with E-state index >= 15 is 0 Å². The Labute approximate surface area is 131 Å². The zero-order chi connectivity index (χ0) is 17.1. The fourth-order valence-corrected chi connectivity index (χ4v) is 2.37. The minimum Gasteiger partial charge on any atom is -0.444 e. The fraction of sp³-hybridized carbons (Fsp3) is 0.867. The van der Waals surface area contributed by atoms with E-state index in [0.717, 1.165) is 0 Å². The van der Waals surface area contributed by atoms with Crippen LogP contribution in [-0.4, -0.2) is 64.1 Å². The van der Waals surface area contributed by atoms with Crippen molar-refractivity contribution in [3.8, 4) is 0 Å². The number of hydrogen-bond acceptors (Lipinski definition) is 5. The van der Waals surface area contributed by atoms with Gasteiger partial charge in [-0.05, 0) is 27.2 Å². The first-order valence-corrected chi connectivity index (χ1v) is 7.64. The van der Waals surface area contributed by atoms with E-state index in [1.54, 1.807) is 34.6 Å². The molecule has 7 nitrogen and oxygen atoms in total. The minimum absolute atomic E-state index is 0.0779. The van der Waals surface area contributed by atoms with Gasteiger partial charge in [-0.1, -0.05) is 13.8 Å². The second-order valence-corrected chi connectivity index (χ2v) is 7.11. The number of nitrogens with zero attached hydrogens (tertiary/aromatic N) is 1. The van der Waals surface area contributed by atoms with E-state index in [1.807, 2.05) is 0 Å². The third-order valence-electron chi connectivity index (χ3n) is 3.34. The van der Waals surface area contributed by atoms with Crippen molar-refractivity contribution in [1.29, 1.82) is 0 Å². The Morgan fingerprint density at radius 1 is 1.23 bits per heavy atom. The number of carbonyl (C=O) groups is 2. The summed E-state index contributed by atoms with van der Waals surface area (Å²) in [5.41, 5.74) is -0.641. The van der Waals surface area contributed by atoms with Crippen LogP contribution in [0.25, 0.3) is 0 Å². The highest BCUT2D eigenvalue weighted by molar-refractivity contribution is 5.78. The predicted octanol–water partition coefficient (Wildman–Crippen LogP) is 0.490. The molecular formula is C15H28N2O5. The van der Waals surface area contributed by atoms with Crippen LogP contribution in [0, 0.1) is 5.92 Å². The predicted molar refractivity (Wildman–Crippen MR) is 81.2 cm³/mol. The van der Waals surface area contributed by atoms with Gasteiger partial charge in [-0.15, -0.1) is 0 Å². The average molecular weight is 316 g/mol. The van der Waals surface area contributed by atoms with Crippen LogP contribution in [0.15, 0.2) is 0 Å². The summed E-state index contributed by atoms with van der Waals surface area (Å²) in [4.78, 5) is 25.3. The largest absolute Gasteiger partial charge is 0.444 e. The molecule has 1 rings (SSSR count). The summed E-state index contributed by atoms with van der Waals surface area (Å²) in [7, 11) is 0. The average Bonchev–Trinajstić information content (AvgIpc) is 2.45. The molecule has 0 saturated carbocycles. The molecule has 3 atom stereocenters. The van der Waals surface area contributed by atoms with Crippen LogP contribution in [0.3, 0.4) is 0 Å². The highest BCUT2D eigenvalue weighted by Gasteiger charge is 2.34. The molecule has 0 unspecified atom stereocenters. The molecule has 22 heavy (non-hydrogen) atoms. The summed E-state index contributed by atoms with van der Waals surface area (Å²) in [6, 6.07) is -0.658. The molecule has 1 heterocycles. The van der Waals surface area contributed by atoms with E-state index in [2.05, 4.69) is 5.32 Å². The second-order valence-electron chi connectivity index (χ2n) is 7.11. The van der Waals surface area contributed by atoms with Gasteiger partial charge in [0.25, 0.3) is 0 Å². The summed E-state index contributed by atoms with van der Waals surface area (Å²) >= 11 is 0. The SMILES string of the molecule is CC(C)C(=O)N1C[C@H](O)C[C@@H](NC(=O)OC(C)(C)C)[C@H](O)C1. The number of hydrogen-bond donors (Lipinski definition) is 3. The molecule has 1 aliphatic heterocycles. The molecule has 0 radical (unpaired) electrons. The molecule has 0 aromatic rings. The number of carbonyl (C=O) groups excluding carboxylic acids is 2. The number of alkyl carbamates (subject to hydrolysis) is 1. The standard InChI is InChI=1S/C15H28N2O5/c1-9(2)13(20)17-7-10(18)6-11(12(19)8-17)16-14(21)22-15(3,4)5/h9-12,18-19H,6-8H2,1-5H3,(H,16,21)/t10-,11-,12-/m1/s1. The number of nitrogens with one attached hydrogen (secondary N) is 1. The number of rotatable bonds is 2. The normalized spacial score (nSPS) is 26.5. The molecule has 2 amide bonds. The molecule has 0 aliphatic carbocycles. The lowest BCUT2D eigenvalue weighted by Gasteiger charge is -2.27. The van der Waals surface area contributed by atoms with E-state index in [4.69, 9.17) is 4.74 Å². The van der Waals surface area contributed by atoms with Gasteiger partial charge in [0.1, 0.15) is 5.60 Å². The highest BCUT2D eigenvalue weighted by atomic mass is 16.6. The smallest absolute Gasteiger partial charge is 0.407 e. The Kier molecular flexibility index (Phi) is 6.19. The van der Waals surface area contributed by atoms with Crippen molar-refractivity contribution in [3.63, 3.8) is 0 Å². The second kappa shape index (κ2) is 7.28. The first-order chi connectivity index (χ1) is 9.99. The zero-order valence-electron chi connectivity index (χ0n) is 14.0. The third-order valence-corrected chi connectivity index (χ3v) is 3.34. The molecule has 0 aromatic heterocycles. The van der Waals surface area contributed by atoms with E-state index in [0.29, 0.717) is 0 Å². The summed E-state index contributed by atoms with van der Waals surface area (Å²) in [6.45, 7) is 9.00. The van der Waals surface area contributed by atoms with Gasteiger partial charge < -0.3 is 25.2 Å². The number of likely N-dealkylation sites (tertiary alicyclic amines) is 1. The number of β-amino-alcohol motifs (C(OH)–C–C–N with tert-alkyl or cyclic N) is 2. The van der Waals surface area contributed by atoms with Crippen molar-refractivity contribution in [1.82, 2.24) is 10.2 Å². The molecule has 128 valence electrons. The molecule has 0 bridgehead atoms. The van der Waals surface area contributed by atoms with Crippen LogP contribution in [-0.2, 0) is 9.53 Å². The zero-order valence-corrected chi connectivity index (χ0v) is 14.0. The van der Waals surface area contributed by atoms with Crippen LogP contribution in [0.4, 0.5) is 4.79 Å². The quantitative estimate of drug-likeness (QED) is 0.688. The highest BCUT2D eigenvalue weighted by Crippen LogP contribution is 2.16. The molecule has 1 fully saturated rings. The van der Waals surface area contributed by atoms with Crippen molar-refractivity contribution in [3.05, 3.63) is 0 Å². The lowest BCUT2D eigenvalue weighted by atomic mass is 10.1. The summed E-state index contributed by atoms with van der Waals surface area (Å²) < 4.78 is 5.15. The van der Waals surface area contributed by atoms with Crippen molar-refractivity contribution >= 4 is 12.0 Å². The van der Waals surface area contributed by atoms with Crippen molar-refractivity contribution in [2.45, 2.75) is 64.9 Å². The summed E-state index contributed by atoms with van der Waals surface area (Å²) in [5, 5.41) is 22.8. The number of amides is 2. The van der Waals surface area contributed by atoms with Gasteiger partial charge in [0, 0.05) is 19.0 Å². The Morgan fingerprint density at radius 3 is 2.32 bits per heavy atom. The molecule has 1 aliphatic rings. The van der Waals surface area contributed by atoms with Crippen LogP contribution >= 0.6 is 0 Å². The van der Waals surface area contributed by atoms with Gasteiger partial charge in [-0.3, -0.25) is 4.79 Å². The topological polar surface area (TPSA) is 99.1 Å². The van der Waals surface area contributed by atoms with E-state index in [-0.39, 0.29) is 31.3 Å². The number of aliphatic hydroxyl groups excluding tert-OH is 2.